The Hall–Kier alpha value is -9.99. The first-order chi connectivity index (χ1) is 43.4. The maximum absolute atomic E-state index is 8.79. The first kappa shape index (κ1) is 63.0. The average Bonchev–Trinajstić information content (AvgIpc) is 1.34. The molecule has 0 amide bonds. The Kier molecular flexibility index (Phi) is 19.9. The molecule has 6 aromatic carbocycles. The number of rotatable bonds is 16. The van der Waals surface area contributed by atoms with Crippen molar-refractivity contribution in [2.45, 2.75) is 92.5 Å². The summed E-state index contributed by atoms with van der Waals surface area (Å²) in [6, 6.07) is 40.0. The molecule has 12 aromatic rings. The zero-order valence-electron chi connectivity index (χ0n) is 51.9. The van der Waals surface area contributed by atoms with Crippen LogP contribution in [0.1, 0.15) is 62.8 Å². The lowest BCUT2D eigenvalue weighted by atomic mass is 9.79. The van der Waals surface area contributed by atoms with Crippen LogP contribution in [0, 0.1) is 27.7 Å². The molecule has 1 saturated heterocycles. The summed E-state index contributed by atoms with van der Waals surface area (Å²) in [5, 5.41) is 42.7. The van der Waals surface area contributed by atoms with Crippen molar-refractivity contribution in [3.8, 4) is 45.2 Å². The summed E-state index contributed by atoms with van der Waals surface area (Å²) in [6.07, 6.45) is 19.3. The molecule has 0 unspecified atom stereocenters. The number of pyridine rings is 2. The second-order valence-corrected chi connectivity index (χ2v) is 23.1. The largest absolute Gasteiger partial charge is 0.494 e. The Morgan fingerprint density at radius 3 is 1.42 bits per heavy atom. The molecule has 1 aliphatic heterocycles. The molecule has 0 aliphatic carbocycles. The molecule has 0 bridgehead atoms. The van der Waals surface area contributed by atoms with E-state index in [1.54, 1.807) is 36.9 Å². The smallest absolute Gasteiger partial charge is 0.423 e. The van der Waals surface area contributed by atoms with Gasteiger partial charge >= 0.3 is 14.2 Å². The molecule has 20 nitrogen and oxygen atoms in total. The molecule has 90 heavy (non-hydrogen) atoms. The molecule has 1 aliphatic rings. The van der Waals surface area contributed by atoms with Gasteiger partial charge in [0.25, 0.3) is 11.8 Å². The van der Waals surface area contributed by atoms with Crippen LogP contribution >= 0.6 is 0 Å². The second kappa shape index (κ2) is 28.4. The third kappa shape index (κ3) is 15.5. The molecule has 22 heteroatoms. The van der Waals surface area contributed by atoms with Gasteiger partial charge in [-0.1, -0.05) is 72.8 Å². The monoisotopic (exact) mass is 1200 g/mol. The van der Waals surface area contributed by atoms with E-state index in [1.807, 2.05) is 127 Å². The van der Waals surface area contributed by atoms with Gasteiger partial charge in [-0.05, 0) is 172 Å². The van der Waals surface area contributed by atoms with Gasteiger partial charge in [0.2, 0.25) is 12.8 Å². The lowest BCUT2D eigenvalue weighted by molar-refractivity contribution is 0.00578. The molecular weight excluding hydrogens is 1130 g/mol. The van der Waals surface area contributed by atoms with Crippen LogP contribution in [0.15, 0.2) is 193 Å². The standard InChI is InChI=1S/C25H24N6O.C23H21N7O.C12H18BNO2.C8H11BO2/c1-17-4-5-19(12-18(17)2)20-6-7-23-21(13-20)24(22(14-28-23)25-30-29-16-32-25)27-8-3-10-31-11-9-26-15-31;24-18-5-2-16(3-6-18)17-4-7-21-19(12-17)22(20(13-27-21)23-29-28-15-31-23)26-8-1-10-30-11-9-25-14-30;1-11(2)12(3,4)16-13(15-11)9-5-7-10(14)8-6-9;1-6-3-4-8(9(10)11)5-7(6)2/h4-7,9,11-16H,3,8,10H2,1-2H3,(H,27,28);2-7,9,11-15H,1,8,10,24H2,(H,26,27);5-8H,14H2,1-4H3;3-5,10-11H,1-2H3. The van der Waals surface area contributed by atoms with Gasteiger partial charge in [0.1, 0.15) is 0 Å². The number of fused-ring (bicyclic) bond motifs is 2. The van der Waals surface area contributed by atoms with Crippen molar-refractivity contribution in [2.75, 3.05) is 35.2 Å². The fraction of sp³-hybridized carbons (Fsp3) is 0.235. The highest BCUT2D eigenvalue weighted by Crippen LogP contribution is 2.39. The quantitative estimate of drug-likeness (QED) is 0.0298. The topological polar surface area (TPSA) is 274 Å². The van der Waals surface area contributed by atoms with Crippen LogP contribution in [-0.2, 0) is 22.4 Å². The summed E-state index contributed by atoms with van der Waals surface area (Å²) in [7, 11) is -1.65. The molecule has 6 aromatic heterocycles. The minimum Gasteiger partial charge on any atom is -0.423 e. The van der Waals surface area contributed by atoms with Crippen molar-refractivity contribution in [2.24, 2.45) is 0 Å². The van der Waals surface area contributed by atoms with Crippen molar-refractivity contribution in [3.05, 3.63) is 206 Å². The number of nitrogens with two attached hydrogens (primary N) is 2. The van der Waals surface area contributed by atoms with E-state index in [0.717, 1.165) is 128 Å². The summed E-state index contributed by atoms with van der Waals surface area (Å²) in [5.74, 6) is 0.887. The molecule has 7 heterocycles. The van der Waals surface area contributed by atoms with Crippen LogP contribution in [0.4, 0.5) is 22.7 Å². The number of nitrogen functional groups attached to an aromatic ring is 2. The lowest BCUT2D eigenvalue weighted by Crippen LogP contribution is -2.41. The van der Waals surface area contributed by atoms with E-state index in [1.165, 1.54) is 29.5 Å². The summed E-state index contributed by atoms with van der Waals surface area (Å²) in [4.78, 5) is 17.5. The molecular formula is C68H74B2N14O6. The average molecular weight is 1210 g/mol. The van der Waals surface area contributed by atoms with Crippen molar-refractivity contribution >= 4 is 69.7 Å². The van der Waals surface area contributed by atoms with Gasteiger partial charge in [-0.3, -0.25) is 9.97 Å². The molecule has 13 rings (SSSR count). The van der Waals surface area contributed by atoms with Crippen LogP contribution in [0.25, 0.3) is 67.0 Å². The number of hydrogen-bond acceptors (Lipinski definition) is 18. The number of nitrogens with one attached hydrogen (secondary N) is 2. The Bertz CT molecular complexity index is 4250. The lowest BCUT2D eigenvalue weighted by Gasteiger charge is -2.32. The van der Waals surface area contributed by atoms with Crippen LogP contribution in [0.5, 0.6) is 0 Å². The summed E-state index contributed by atoms with van der Waals surface area (Å²) >= 11 is 0. The highest BCUT2D eigenvalue weighted by atomic mass is 16.7. The second-order valence-electron chi connectivity index (χ2n) is 23.1. The van der Waals surface area contributed by atoms with Gasteiger partial charge in [0.05, 0.1) is 57.4 Å². The third-order valence-electron chi connectivity index (χ3n) is 16.2. The fourth-order valence-electron chi connectivity index (χ4n) is 9.97. The molecule has 458 valence electrons. The SMILES string of the molecule is CC1(C)OB(c2ccc(N)cc2)OC1(C)C.Cc1ccc(-c2ccc3ncc(-c4nnco4)c(NCCCn4ccnc4)c3c2)cc1C.Cc1ccc(B(O)O)cc1C.Nc1ccc(-c2ccc3ncc(-c4nnco4)c(NCCCn4ccnc4)c3c2)cc1. The van der Waals surface area contributed by atoms with Gasteiger partial charge in [-0.15, -0.1) is 20.4 Å². The van der Waals surface area contributed by atoms with Gasteiger partial charge < -0.3 is 59.4 Å². The first-order valence-electron chi connectivity index (χ1n) is 29.8. The van der Waals surface area contributed by atoms with Crippen molar-refractivity contribution in [1.82, 2.24) is 49.5 Å². The van der Waals surface area contributed by atoms with Crippen LogP contribution in [0.3, 0.4) is 0 Å². The zero-order chi connectivity index (χ0) is 63.4. The van der Waals surface area contributed by atoms with Crippen LogP contribution in [0.2, 0.25) is 0 Å². The number of hydrogen-bond donors (Lipinski definition) is 6. The van der Waals surface area contributed by atoms with Crippen LogP contribution < -0.4 is 33.0 Å². The molecule has 8 N–H and O–H groups in total. The number of benzene rings is 6. The van der Waals surface area contributed by atoms with E-state index in [-0.39, 0.29) is 18.3 Å². The molecule has 0 atom stereocenters. The van der Waals surface area contributed by atoms with Crippen LogP contribution in [-0.4, -0.2) is 98.0 Å². The Balaban J connectivity index is 0.000000142. The minimum absolute atomic E-state index is 0.293. The minimum atomic E-state index is -1.35. The zero-order valence-corrected chi connectivity index (χ0v) is 51.9. The maximum Gasteiger partial charge on any atom is 0.494 e. The molecule has 0 saturated carbocycles. The van der Waals surface area contributed by atoms with E-state index >= 15 is 0 Å². The summed E-state index contributed by atoms with van der Waals surface area (Å²) < 4.78 is 27.0. The number of imidazole rings is 2. The number of aryl methyl sites for hydroxylation is 6. The Labute approximate surface area is 524 Å². The Morgan fingerprint density at radius 1 is 0.533 bits per heavy atom. The van der Waals surface area contributed by atoms with Crippen molar-refractivity contribution < 1.29 is 28.2 Å². The summed E-state index contributed by atoms with van der Waals surface area (Å²) in [6.45, 7) is 19.7. The van der Waals surface area contributed by atoms with Gasteiger partial charge in [-0.25, -0.2) is 9.97 Å². The predicted molar refractivity (Wildman–Crippen MR) is 358 cm³/mol. The van der Waals surface area contributed by atoms with E-state index in [4.69, 9.17) is 39.7 Å². The van der Waals surface area contributed by atoms with E-state index in [2.05, 4.69) is 122 Å². The number of anilines is 4. The highest BCUT2D eigenvalue weighted by molar-refractivity contribution is 6.62. The van der Waals surface area contributed by atoms with E-state index in [9.17, 15) is 0 Å². The predicted octanol–water partition coefficient (Wildman–Crippen LogP) is 11.1. The highest BCUT2D eigenvalue weighted by Gasteiger charge is 2.51. The molecule has 1 fully saturated rings. The van der Waals surface area contributed by atoms with E-state index < -0.39 is 7.12 Å². The fourth-order valence-corrected chi connectivity index (χ4v) is 9.97. The van der Waals surface area contributed by atoms with Gasteiger partial charge in [0.15, 0.2) is 0 Å². The molecule has 0 radical (unpaired) electrons. The third-order valence-corrected chi connectivity index (χ3v) is 16.2. The normalized spacial score (nSPS) is 13.0. The van der Waals surface area contributed by atoms with Crippen molar-refractivity contribution in [3.63, 3.8) is 0 Å². The first-order valence-corrected chi connectivity index (χ1v) is 29.8. The van der Waals surface area contributed by atoms with Gasteiger partial charge in [-0.2, -0.15) is 0 Å². The molecule has 0 spiro atoms. The number of aromatic nitrogens is 10. The maximum atomic E-state index is 8.79. The summed E-state index contributed by atoms with van der Waals surface area (Å²) in [5.41, 5.74) is 28.5. The Morgan fingerprint density at radius 2 is 0.978 bits per heavy atom. The van der Waals surface area contributed by atoms with Gasteiger partial charge in [0, 0.05) is 85.5 Å². The van der Waals surface area contributed by atoms with E-state index in [0.29, 0.717) is 17.2 Å². The van der Waals surface area contributed by atoms with Crippen molar-refractivity contribution in [1.29, 1.82) is 0 Å². The number of nitrogens with zero attached hydrogens (tertiary/aromatic N) is 10.